The highest BCUT2D eigenvalue weighted by Gasteiger charge is 2.05. The lowest BCUT2D eigenvalue weighted by atomic mass is 10.0. The summed E-state index contributed by atoms with van der Waals surface area (Å²) in [6.07, 6.45) is 3.77. The fourth-order valence-corrected chi connectivity index (χ4v) is 2.65. The molecule has 0 fully saturated rings. The molecular weight excluding hydrogens is 300 g/mol. The van der Waals surface area contributed by atoms with Gasteiger partial charge in [0.1, 0.15) is 5.82 Å². The number of hydrogen-bond donors (Lipinski definition) is 0. The summed E-state index contributed by atoms with van der Waals surface area (Å²) in [5.74, 6) is 0.985. The minimum atomic E-state index is 0.985. The molecule has 1 aromatic heterocycles. The predicted molar refractivity (Wildman–Crippen MR) is 81.8 cm³/mol. The van der Waals surface area contributed by atoms with E-state index in [2.05, 4.69) is 57.3 Å². The van der Waals surface area contributed by atoms with E-state index in [1.54, 1.807) is 0 Å². The molecule has 0 spiro atoms. The molecule has 0 N–H and O–H groups in total. The van der Waals surface area contributed by atoms with Crippen molar-refractivity contribution in [2.45, 2.75) is 0 Å². The van der Waals surface area contributed by atoms with Crippen LogP contribution in [-0.4, -0.2) is 9.55 Å². The van der Waals surface area contributed by atoms with E-state index in [0.717, 1.165) is 15.9 Å². The van der Waals surface area contributed by atoms with Gasteiger partial charge in [-0.05, 0) is 17.2 Å². The maximum absolute atomic E-state index is 4.36. The SMILES string of the molecule is Cn1ccnc1-c1ccc(-c2ccccc2Br)cc1. The van der Waals surface area contributed by atoms with Gasteiger partial charge in [-0.3, -0.25) is 0 Å². The Morgan fingerprint density at radius 2 is 1.63 bits per heavy atom. The van der Waals surface area contributed by atoms with Crippen LogP contribution in [-0.2, 0) is 7.05 Å². The van der Waals surface area contributed by atoms with Gasteiger partial charge < -0.3 is 4.57 Å². The molecule has 94 valence electrons. The van der Waals surface area contributed by atoms with Crippen LogP contribution >= 0.6 is 15.9 Å². The number of aromatic nitrogens is 2. The van der Waals surface area contributed by atoms with E-state index in [9.17, 15) is 0 Å². The Bertz CT molecular complexity index is 699. The molecular formula is C16H13BrN2. The van der Waals surface area contributed by atoms with E-state index in [4.69, 9.17) is 0 Å². The smallest absolute Gasteiger partial charge is 0.139 e. The standard InChI is InChI=1S/C16H13BrN2/c1-19-11-10-18-16(19)13-8-6-12(7-9-13)14-4-2-3-5-15(14)17/h2-11H,1H3. The van der Waals surface area contributed by atoms with E-state index in [0.29, 0.717) is 0 Å². The van der Waals surface area contributed by atoms with Gasteiger partial charge in [0.2, 0.25) is 0 Å². The highest BCUT2D eigenvalue weighted by atomic mass is 79.9. The van der Waals surface area contributed by atoms with Gasteiger partial charge in [-0.1, -0.05) is 58.4 Å². The average molecular weight is 313 g/mol. The number of benzene rings is 2. The lowest BCUT2D eigenvalue weighted by Crippen LogP contribution is -1.91. The summed E-state index contributed by atoms with van der Waals surface area (Å²) in [5, 5.41) is 0. The molecule has 3 heteroatoms. The van der Waals surface area contributed by atoms with Crippen molar-refractivity contribution in [2.24, 2.45) is 7.05 Å². The van der Waals surface area contributed by atoms with Crippen LogP contribution in [0.2, 0.25) is 0 Å². The van der Waals surface area contributed by atoms with Gasteiger partial charge in [0.25, 0.3) is 0 Å². The number of hydrogen-bond acceptors (Lipinski definition) is 1. The van der Waals surface area contributed by atoms with Crippen molar-refractivity contribution in [3.63, 3.8) is 0 Å². The minimum Gasteiger partial charge on any atom is -0.334 e. The molecule has 0 unspecified atom stereocenters. The van der Waals surface area contributed by atoms with Gasteiger partial charge in [0.05, 0.1) is 0 Å². The molecule has 0 radical (unpaired) electrons. The van der Waals surface area contributed by atoms with Crippen LogP contribution in [0.3, 0.4) is 0 Å². The van der Waals surface area contributed by atoms with E-state index in [1.165, 1.54) is 11.1 Å². The van der Waals surface area contributed by atoms with E-state index < -0.39 is 0 Å². The Labute approximate surface area is 120 Å². The molecule has 19 heavy (non-hydrogen) atoms. The topological polar surface area (TPSA) is 17.8 Å². The number of halogens is 1. The maximum atomic E-state index is 4.36. The Morgan fingerprint density at radius 1 is 0.947 bits per heavy atom. The van der Waals surface area contributed by atoms with Crippen molar-refractivity contribution in [1.82, 2.24) is 9.55 Å². The zero-order valence-electron chi connectivity index (χ0n) is 10.5. The molecule has 0 aliphatic heterocycles. The quantitative estimate of drug-likeness (QED) is 0.680. The van der Waals surface area contributed by atoms with Crippen molar-refractivity contribution in [3.8, 4) is 22.5 Å². The third-order valence-electron chi connectivity index (χ3n) is 3.15. The first-order valence-corrected chi connectivity index (χ1v) is 6.87. The third-order valence-corrected chi connectivity index (χ3v) is 3.84. The Balaban J connectivity index is 2.00. The second-order valence-electron chi connectivity index (χ2n) is 4.42. The number of rotatable bonds is 2. The maximum Gasteiger partial charge on any atom is 0.139 e. The minimum absolute atomic E-state index is 0.985. The van der Waals surface area contributed by atoms with Gasteiger partial charge in [-0.15, -0.1) is 0 Å². The van der Waals surface area contributed by atoms with Crippen LogP contribution in [0, 0.1) is 0 Å². The zero-order valence-corrected chi connectivity index (χ0v) is 12.1. The Morgan fingerprint density at radius 3 is 2.26 bits per heavy atom. The fourth-order valence-electron chi connectivity index (χ4n) is 2.14. The first-order chi connectivity index (χ1) is 9.25. The lowest BCUT2D eigenvalue weighted by Gasteiger charge is -2.06. The van der Waals surface area contributed by atoms with Crippen molar-refractivity contribution in [1.29, 1.82) is 0 Å². The fraction of sp³-hybridized carbons (Fsp3) is 0.0625. The average Bonchev–Trinajstić information content (AvgIpc) is 2.86. The zero-order chi connectivity index (χ0) is 13.2. The Kier molecular flexibility index (Phi) is 3.22. The molecule has 0 atom stereocenters. The van der Waals surface area contributed by atoms with Gasteiger partial charge in [0.15, 0.2) is 0 Å². The second-order valence-corrected chi connectivity index (χ2v) is 5.27. The van der Waals surface area contributed by atoms with E-state index in [1.807, 2.05) is 36.1 Å². The summed E-state index contributed by atoms with van der Waals surface area (Å²) in [6.45, 7) is 0. The normalized spacial score (nSPS) is 10.6. The van der Waals surface area contributed by atoms with E-state index >= 15 is 0 Å². The van der Waals surface area contributed by atoms with Gasteiger partial charge in [0, 0.05) is 29.5 Å². The van der Waals surface area contributed by atoms with Crippen molar-refractivity contribution < 1.29 is 0 Å². The van der Waals surface area contributed by atoms with Crippen molar-refractivity contribution in [3.05, 3.63) is 65.4 Å². The number of imidazole rings is 1. The molecule has 0 saturated heterocycles. The van der Waals surface area contributed by atoms with Gasteiger partial charge >= 0.3 is 0 Å². The number of nitrogens with zero attached hydrogens (tertiary/aromatic N) is 2. The molecule has 3 rings (SSSR count). The van der Waals surface area contributed by atoms with Crippen LogP contribution in [0.1, 0.15) is 0 Å². The largest absolute Gasteiger partial charge is 0.334 e. The molecule has 0 amide bonds. The van der Waals surface area contributed by atoms with Crippen molar-refractivity contribution in [2.75, 3.05) is 0 Å². The summed E-state index contributed by atoms with van der Waals surface area (Å²) < 4.78 is 3.13. The highest BCUT2D eigenvalue weighted by molar-refractivity contribution is 9.10. The van der Waals surface area contributed by atoms with Gasteiger partial charge in [-0.2, -0.15) is 0 Å². The first kappa shape index (κ1) is 12.2. The summed E-state index contributed by atoms with van der Waals surface area (Å²) in [7, 11) is 2.00. The Hall–Kier alpha value is -1.87. The third kappa shape index (κ3) is 2.34. The summed E-state index contributed by atoms with van der Waals surface area (Å²) >= 11 is 3.59. The molecule has 1 heterocycles. The van der Waals surface area contributed by atoms with Crippen LogP contribution in [0.4, 0.5) is 0 Å². The molecule has 0 saturated carbocycles. The van der Waals surface area contributed by atoms with Crippen LogP contribution < -0.4 is 0 Å². The highest BCUT2D eigenvalue weighted by Crippen LogP contribution is 2.29. The molecule has 2 nitrogen and oxygen atoms in total. The van der Waals surface area contributed by atoms with Crippen LogP contribution in [0.25, 0.3) is 22.5 Å². The van der Waals surface area contributed by atoms with Gasteiger partial charge in [-0.25, -0.2) is 4.98 Å². The summed E-state index contributed by atoms with van der Waals surface area (Å²) in [4.78, 5) is 4.36. The molecule has 0 aliphatic carbocycles. The van der Waals surface area contributed by atoms with Crippen LogP contribution in [0.15, 0.2) is 65.4 Å². The van der Waals surface area contributed by atoms with E-state index in [-0.39, 0.29) is 0 Å². The molecule has 2 aromatic carbocycles. The van der Waals surface area contributed by atoms with Crippen molar-refractivity contribution >= 4 is 15.9 Å². The summed E-state index contributed by atoms with van der Waals surface area (Å²) in [5.41, 5.74) is 3.53. The second kappa shape index (κ2) is 5.02. The molecule has 3 aromatic rings. The lowest BCUT2D eigenvalue weighted by molar-refractivity contribution is 0.925. The summed E-state index contributed by atoms with van der Waals surface area (Å²) in [6, 6.07) is 16.7. The first-order valence-electron chi connectivity index (χ1n) is 6.08. The monoisotopic (exact) mass is 312 g/mol. The number of aryl methyl sites for hydroxylation is 1. The predicted octanol–water partition coefficient (Wildman–Crippen LogP) is 4.52. The van der Waals surface area contributed by atoms with Crippen LogP contribution in [0.5, 0.6) is 0 Å². The molecule has 0 aliphatic rings. The molecule has 0 bridgehead atoms.